The molecule has 1 saturated heterocycles. The molecule has 1 aliphatic heterocycles. The first-order valence-corrected chi connectivity index (χ1v) is 8.85. The van der Waals surface area contributed by atoms with Crippen molar-refractivity contribution in [3.05, 3.63) is 17.6 Å². The van der Waals surface area contributed by atoms with Gasteiger partial charge in [0.15, 0.2) is 0 Å². The summed E-state index contributed by atoms with van der Waals surface area (Å²) in [5, 5.41) is 9.02. The van der Waals surface area contributed by atoms with E-state index in [0.29, 0.717) is 12.3 Å². The Labute approximate surface area is 126 Å². The van der Waals surface area contributed by atoms with Crippen molar-refractivity contribution >= 4 is 10.0 Å². The standard InChI is InChI=1S/C14H24N2O4S/c1-11(9-16-6-4-3-5-7-16)15-21(18,19)14-8-13(10-17)20-12(14)2/h8,11,15,17H,3-7,9-10H2,1-2H3. The molecule has 2 N–H and O–H groups in total. The first-order valence-electron chi connectivity index (χ1n) is 7.37. The number of hydrogen-bond acceptors (Lipinski definition) is 5. The van der Waals surface area contributed by atoms with Crippen molar-refractivity contribution in [2.75, 3.05) is 19.6 Å². The molecule has 0 aromatic carbocycles. The molecule has 2 rings (SSSR count). The van der Waals surface area contributed by atoms with E-state index in [2.05, 4.69) is 9.62 Å². The highest BCUT2D eigenvalue weighted by atomic mass is 32.2. The van der Waals surface area contributed by atoms with Crippen molar-refractivity contribution in [3.8, 4) is 0 Å². The van der Waals surface area contributed by atoms with Crippen LogP contribution in [0.2, 0.25) is 0 Å². The van der Waals surface area contributed by atoms with Gasteiger partial charge >= 0.3 is 0 Å². The summed E-state index contributed by atoms with van der Waals surface area (Å²) in [4.78, 5) is 2.40. The van der Waals surface area contributed by atoms with Crippen LogP contribution in [0, 0.1) is 6.92 Å². The molecule has 1 atom stereocenters. The van der Waals surface area contributed by atoms with Crippen molar-refractivity contribution in [1.29, 1.82) is 0 Å². The monoisotopic (exact) mass is 316 g/mol. The van der Waals surface area contributed by atoms with Gasteiger partial charge in [-0.05, 0) is 39.8 Å². The van der Waals surface area contributed by atoms with E-state index in [-0.39, 0.29) is 23.3 Å². The zero-order valence-corrected chi connectivity index (χ0v) is 13.4. The third-order valence-electron chi connectivity index (χ3n) is 3.71. The number of aryl methyl sites for hydroxylation is 1. The normalized spacial score (nSPS) is 18.8. The van der Waals surface area contributed by atoms with Gasteiger partial charge in [-0.3, -0.25) is 0 Å². The molecular weight excluding hydrogens is 292 g/mol. The van der Waals surface area contributed by atoms with Gasteiger partial charge in [-0.1, -0.05) is 6.42 Å². The van der Waals surface area contributed by atoms with Crippen LogP contribution in [0.5, 0.6) is 0 Å². The van der Waals surface area contributed by atoms with Crippen LogP contribution in [0.4, 0.5) is 0 Å². The maximum Gasteiger partial charge on any atom is 0.244 e. The average Bonchev–Trinajstić information content (AvgIpc) is 2.81. The minimum absolute atomic E-state index is 0.108. The Kier molecular flexibility index (Phi) is 5.43. The van der Waals surface area contributed by atoms with Crippen molar-refractivity contribution in [2.24, 2.45) is 0 Å². The summed E-state index contributed by atoms with van der Waals surface area (Å²) in [6.07, 6.45) is 3.62. The van der Waals surface area contributed by atoms with Crippen molar-refractivity contribution in [3.63, 3.8) is 0 Å². The van der Waals surface area contributed by atoms with E-state index in [4.69, 9.17) is 9.52 Å². The van der Waals surface area contributed by atoms with Gasteiger partial charge in [-0.15, -0.1) is 0 Å². The Morgan fingerprint density at radius 2 is 2.05 bits per heavy atom. The first-order chi connectivity index (χ1) is 9.92. The summed E-state index contributed by atoms with van der Waals surface area (Å²) in [6.45, 7) is 5.93. The number of likely N-dealkylation sites (tertiary alicyclic amines) is 1. The zero-order chi connectivity index (χ0) is 15.5. The smallest absolute Gasteiger partial charge is 0.244 e. The molecule has 1 fully saturated rings. The number of rotatable bonds is 6. The molecule has 6 nitrogen and oxygen atoms in total. The molecule has 21 heavy (non-hydrogen) atoms. The fourth-order valence-corrected chi connectivity index (χ4v) is 4.20. The Balaban J connectivity index is 2.00. The number of aliphatic hydroxyl groups is 1. The summed E-state index contributed by atoms with van der Waals surface area (Å²) in [6, 6.07) is 1.21. The molecular formula is C14H24N2O4S. The molecule has 0 radical (unpaired) electrons. The predicted octanol–water partition coefficient (Wildman–Crippen LogP) is 1.23. The first kappa shape index (κ1) is 16.5. The lowest BCUT2D eigenvalue weighted by molar-refractivity contribution is 0.215. The topological polar surface area (TPSA) is 82.8 Å². The highest BCUT2D eigenvalue weighted by molar-refractivity contribution is 7.89. The lowest BCUT2D eigenvalue weighted by Crippen LogP contribution is -2.43. The van der Waals surface area contributed by atoms with Crippen LogP contribution in [-0.2, 0) is 16.6 Å². The second-order valence-electron chi connectivity index (χ2n) is 5.67. The maximum atomic E-state index is 12.4. The fourth-order valence-electron chi connectivity index (χ4n) is 2.76. The summed E-state index contributed by atoms with van der Waals surface area (Å²) >= 11 is 0. The van der Waals surface area contributed by atoms with E-state index >= 15 is 0 Å². The molecule has 120 valence electrons. The maximum absolute atomic E-state index is 12.4. The van der Waals surface area contributed by atoms with Gasteiger partial charge in [0, 0.05) is 18.7 Å². The van der Waals surface area contributed by atoms with E-state index in [1.807, 2.05) is 6.92 Å². The number of hydrogen-bond donors (Lipinski definition) is 2. The Bertz CT molecular complexity index is 562. The number of furan rings is 1. The van der Waals surface area contributed by atoms with Gasteiger partial charge < -0.3 is 14.4 Å². The number of nitrogens with one attached hydrogen (secondary N) is 1. The highest BCUT2D eigenvalue weighted by Gasteiger charge is 2.24. The summed E-state index contributed by atoms with van der Waals surface area (Å²) in [7, 11) is -3.61. The molecule has 0 amide bonds. The van der Waals surface area contributed by atoms with E-state index in [9.17, 15) is 8.42 Å². The van der Waals surface area contributed by atoms with Gasteiger partial charge in [-0.25, -0.2) is 13.1 Å². The molecule has 7 heteroatoms. The van der Waals surface area contributed by atoms with Crippen LogP contribution >= 0.6 is 0 Å². The van der Waals surface area contributed by atoms with Crippen LogP contribution in [0.1, 0.15) is 37.7 Å². The minimum atomic E-state index is -3.61. The summed E-state index contributed by atoms with van der Waals surface area (Å²) < 4.78 is 32.6. The second-order valence-corrected chi connectivity index (χ2v) is 7.36. The minimum Gasteiger partial charge on any atom is -0.462 e. The molecule has 0 saturated carbocycles. The Morgan fingerprint density at radius 1 is 1.38 bits per heavy atom. The molecule has 1 aromatic rings. The lowest BCUT2D eigenvalue weighted by atomic mass is 10.1. The molecule has 1 unspecified atom stereocenters. The van der Waals surface area contributed by atoms with Crippen LogP contribution in [0.3, 0.4) is 0 Å². The SMILES string of the molecule is Cc1oc(CO)cc1S(=O)(=O)NC(C)CN1CCCCC1. The summed E-state index contributed by atoms with van der Waals surface area (Å²) in [5.41, 5.74) is 0. The molecule has 1 aliphatic rings. The molecule has 1 aromatic heterocycles. The van der Waals surface area contributed by atoms with Crippen LogP contribution < -0.4 is 4.72 Å². The summed E-state index contributed by atoms with van der Waals surface area (Å²) in [5.74, 6) is 0.563. The van der Waals surface area contributed by atoms with E-state index in [0.717, 1.165) is 13.1 Å². The number of sulfonamides is 1. The van der Waals surface area contributed by atoms with Gasteiger partial charge in [0.05, 0.1) is 0 Å². The fraction of sp³-hybridized carbons (Fsp3) is 0.714. The van der Waals surface area contributed by atoms with Crippen molar-refractivity contribution < 1.29 is 17.9 Å². The zero-order valence-electron chi connectivity index (χ0n) is 12.6. The molecule has 0 spiro atoms. The van der Waals surface area contributed by atoms with Crippen LogP contribution in [0.25, 0.3) is 0 Å². The quantitative estimate of drug-likeness (QED) is 0.825. The van der Waals surface area contributed by atoms with Crippen LogP contribution in [-0.4, -0.2) is 44.1 Å². The third kappa shape index (κ3) is 4.29. The van der Waals surface area contributed by atoms with E-state index in [1.54, 1.807) is 6.92 Å². The van der Waals surface area contributed by atoms with Crippen molar-refractivity contribution in [2.45, 2.75) is 50.7 Å². The second kappa shape index (κ2) is 6.91. The van der Waals surface area contributed by atoms with Crippen LogP contribution in [0.15, 0.2) is 15.4 Å². The Hall–Kier alpha value is -0.890. The Morgan fingerprint density at radius 3 is 2.62 bits per heavy atom. The highest BCUT2D eigenvalue weighted by Crippen LogP contribution is 2.20. The van der Waals surface area contributed by atoms with Gasteiger partial charge in [0.25, 0.3) is 0 Å². The number of nitrogens with zero attached hydrogens (tertiary/aromatic N) is 1. The lowest BCUT2D eigenvalue weighted by Gasteiger charge is -2.29. The van der Waals surface area contributed by atoms with Gasteiger partial charge in [0.1, 0.15) is 23.0 Å². The number of aliphatic hydroxyl groups excluding tert-OH is 1. The number of piperidine rings is 1. The van der Waals surface area contributed by atoms with Gasteiger partial charge in [0.2, 0.25) is 10.0 Å². The van der Waals surface area contributed by atoms with E-state index < -0.39 is 10.0 Å². The molecule has 0 aliphatic carbocycles. The predicted molar refractivity (Wildman–Crippen MR) is 79.4 cm³/mol. The third-order valence-corrected chi connectivity index (χ3v) is 5.40. The molecule has 0 bridgehead atoms. The van der Waals surface area contributed by atoms with E-state index in [1.165, 1.54) is 25.3 Å². The average molecular weight is 316 g/mol. The largest absolute Gasteiger partial charge is 0.462 e. The van der Waals surface area contributed by atoms with Crippen molar-refractivity contribution in [1.82, 2.24) is 9.62 Å². The van der Waals surface area contributed by atoms with Gasteiger partial charge in [-0.2, -0.15) is 0 Å². The molecule has 2 heterocycles.